The molecular formula is C37H66NO9P. The van der Waals surface area contributed by atoms with Crippen molar-refractivity contribution >= 4 is 19.8 Å². The van der Waals surface area contributed by atoms with Crippen molar-refractivity contribution in [2.75, 3.05) is 26.4 Å². The Morgan fingerprint density at radius 1 is 0.729 bits per heavy atom. The topological polar surface area (TPSA) is 155 Å². The molecule has 0 bridgehead atoms. The fourth-order valence-electron chi connectivity index (χ4n) is 4.53. The van der Waals surface area contributed by atoms with Crippen LogP contribution in [0.5, 0.6) is 0 Å². The van der Waals surface area contributed by atoms with Crippen LogP contribution in [0.3, 0.4) is 0 Å². The first-order chi connectivity index (χ1) is 23.2. The fourth-order valence-corrected chi connectivity index (χ4v) is 5.30. The molecule has 0 amide bonds. The standard InChI is InChI=1S/C37H66NO9P/c1-3-5-7-8-9-10-11-14-18-21-25-29-37(41)47-35(33-46-48(42,43)45-31-30-38)32-44-36(40)28-24-20-17-15-12-13-16-19-23-27-34(39)26-22-6-4-2/h6,8-9,16,19,22-23,27,34-35,39H,3-5,7,10-15,17-18,20-21,24-26,28-33,38H2,1-2H3,(H,42,43)/b9-8-,19-16+,22-6+,27-23+/t34?,35-/m1/s1. The summed E-state index contributed by atoms with van der Waals surface area (Å²) in [4.78, 5) is 34.6. The van der Waals surface area contributed by atoms with Crippen molar-refractivity contribution < 1.29 is 42.7 Å². The van der Waals surface area contributed by atoms with Crippen LogP contribution in [-0.4, -0.2) is 60.5 Å². The highest BCUT2D eigenvalue weighted by Crippen LogP contribution is 2.43. The van der Waals surface area contributed by atoms with E-state index in [-0.39, 0.29) is 32.6 Å². The molecule has 3 atom stereocenters. The van der Waals surface area contributed by atoms with Gasteiger partial charge in [0.25, 0.3) is 0 Å². The van der Waals surface area contributed by atoms with Crippen LogP contribution >= 0.6 is 7.82 Å². The van der Waals surface area contributed by atoms with Gasteiger partial charge in [0, 0.05) is 19.4 Å². The zero-order chi connectivity index (χ0) is 35.6. The second-order valence-corrected chi connectivity index (χ2v) is 13.4. The van der Waals surface area contributed by atoms with E-state index < -0.39 is 38.6 Å². The number of aliphatic hydroxyl groups is 1. The number of aliphatic hydroxyl groups excluding tert-OH is 1. The van der Waals surface area contributed by atoms with E-state index in [0.29, 0.717) is 19.3 Å². The van der Waals surface area contributed by atoms with Crippen LogP contribution in [0.1, 0.15) is 136 Å². The Bertz CT molecular complexity index is 951. The van der Waals surface area contributed by atoms with E-state index in [4.69, 9.17) is 24.3 Å². The number of hydrogen-bond acceptors (Lipinski definition) is 9. The summed E-state index contributed by atoms with van der Waals surface area (Å²) in [5, 5.41) is 9.84. The van der Waals surface area contributed by atoms with E-state index in [1.54, 1.807) is 6.08 Å². The summed E-state index contributed by atoms with van der Waals surface area (Å²) in [6.45, 7) is 3.39. The summed E-state index contributed by atoms with van der Waals surface area (Å²) in [6, 6.07) is 0. The Morgan fingerprint density at radius 3 is 1.98 bits per heavy atom. The maximum Gasteiger partial charge on any atom is 0.472 e. The van der Waals surface area contributed by atoms with Gasteiger partial charge in [-0.15, -0.1) is 0 Å². The van der Waals surface area contributed by atoms with Gasteiger partial charge in [0.2, 0.25) is 0 Å². The van der Waals surface area contributed by atoms with Crippen molar-refractivity contribution in [3.05, 3.63) is 48.6 Å². The predicted molar refractivity (Wildman–Crippen MR) is 193 cm³/mol. The highest BCUT2D eigenvalue weighted by Gasteiger charge is 2.25. The Labute approximate surface area is 290 Å². The number of carbonyl (C=O) groups is 2. The van der Waals surface area contributed by atoms with Gasteiger partial charge < -0.3 is 25.2 Å². The maximum absolute atomic E-state index is 12.5. The van der Waals surface area contributed by atoms with Gasteiger partial charge >= 0.3 is 19.8 Å². The quantitative estimate of drug-likeness (QED) is 0.0199. The zero-order valence-corrected chi connectivity index (χ0v) is 30.7. The number of phosphoric ester groups is 1. The number of carbonyl (C=O) groups excluding carboxylic acids is 2. The van der Waals surface area contributed by atoms with Crippen molar-refractivity contribution in [3.8, 4) is 0 Å². The second kappa shape index (κ2) is 33.4. The number of esters is 2. The third-order valence-corrected chi connectivity index (χ3v) is 8.26. The molecule has 0 aromatic heterocycles. The van der Waals surface area contributed by atoms with E-state index in [9.17, 15) is 24.2 Å². The number of phosphoric acid groups is 1. The highest BCUT2D eigenvalue weighted by atomic mass is 31.2. The molecule has 0 rings (SSSR count). The Hall–Kier alpha value is -2.07. The minimum Gasteiger partial charge on any atom is -0.462 e. The largest absolute Gasteiger partial charge is 0.472 e. The molecule has 0 aliphatic rings. The lowest BCUT2D eigenvalue weighted by Crippen LogP contribution is -2.29. The highest BCUT2D eigenvalue weighted by molar-refractivity contribution is 7.47. The Kier molecular flexibility index (Phi) is 32.0. The Morgan fingerprint density at radius 2 is 1.33 bits per heavy atom. The predicted octanol–water partition coefficient (Wildman–Crippen LogP) is 8.57. The molecule has 4 N–H and O–H groups in total. The van der Waals surface area contributed by atoms with Crippen molar-refractivity contribution in [2.45, 2.75) is 148 Å². The molecule has 0 spiro atoms. The number of ether oxygens (including phenoxy) is 2. The van der Waals surface area contributed by atoms with Crippen LogP contribution in [0.25, 0.3) is 0 Å². The average Bonchev–Trinajstić information content (AvgIpc) is 3.06. The number of hydrogen-bond donors (Lipinski definition) is 3. The third-order valence-electron chi connectivity index (χ3n) is 7.28. The molecule has 0 aliphatic carbocycles. The van der Waals surface area contributed by atoms with Crippen molar-refractivity contribution in [2.24, 2.45) is 5.73 Å². The van der Waals surface area contributed by atoms with E-state index in [1.165, 1.54) is 12.8 Å². The zero-order valence-electron chi connectivity index (χ0n) is 29.8. The number of rotatable bonds is 33. The summed E-state index contributed by atoms with van der Waals surface area (Å²) in [5.41, 5.74) is 5.32. The number of allylic oxidation sites excluding steroid dienone is 6. The summed E-state index contributed by atoms with van der Waals surface area (Å²) in [7, 11) is -4.39. The third kappa shape index (κ3) is 32.5. The van der Waals surface area contributed by atoms with Crippen LogP contribution in [0.2, 0.25) is 0 Å². The minimum absolute atomic E-state index is 0.0393. The normalized spacial score (nSPS) is 14.7. The van der Waals surface area contributed by atoms with Gasteiger partial charge in [-0.05, 0) is 57.8 Å². The lowest BCUT2D eigenvalue weighted by atomic mass is 10.1. The smallest absolute Gasteiger partial charge is 0.462 e. The SMILES string of the molecule is CC/C=C/CC(O)/C=C/C=C/CCCCCCCC(=O)OC[C@H](COP(=O)(O)OCCN)OC(=O)CCCCCCC/C=C\CCCC. The molecule has 0 saturated heterocycles. The average molecular weight is 700 g/mol. The van der Waals surface area contributed by atoms with Crippen LogP contribution in [0.15, 0.2) is 48.6 Å². The van der Waals surface area contributed by atoms with E-state index in [0.717, 1.165) is 77.0 Å². The molecule has 10 nitrogen and oxygen atoms in total. The monoisotopic (exact) mass is 699 g/mol. The molecule has 0 aromatic carbocycles. The minimum atomic E-state index is -4.39. The first-order valence-corrected chi connectivity index (χ1v) is 19.7. The van der Waals surface area contributed by atoms with Gasteiger partial charge in [-0.3, -0.25) is 18.6 Å². The van der Waals surface area contributed by atoms with Gasteiger partial charge in [0.05, 0.1) is 19.3 Å². The lowest BCUT2D eigenvalue weighted by Gasteiger charge is -2.19. The van der Waals surface area contributed by atoms with Crippen LogP contribution < -0.4 is 5.73 Å². The van der Waals surface area contributed by atoms with Crippen molar-refractivity contribution in [3.63, 3.8) is 0 Å². The number of unbranched alkanes of at least 4 members (excludes halogenated alkanes) is 12. The molecule has 48 heavy (non-hydrogen) atoms. The fraction of sp³-hybridized carbons (Fsp3) is 0.730. The molecule has 0 heterocycles. The molecule has 278 valence electrons. The van der Waals surface area contributed by atoms with Gasteiger partial charge in [0.1, 0.15) is 6.61 Å². The van der Waals surface area contributed by atoms with Gasteiger partial charge in [-0.2, -0.15) is 0 Å². The van der Waals surface area contributed by atoms with Crippen LogP contribution in [0.4, 0.5) is 0 Å². The number of nitrogens with two attached hydrogens (primary N) is 1. The first kappa shape index (κ1) is 45.9. The lowest BCUT2D eigenvalue weighted by molar-refractivity contribution is -0.161. The Balaban J connectivity index is 4.33. The van der Waals surface area contributed by atoms with Crippen molar-refractivity contribution in [1.29, 1.82) is 0 Å². The van der Waals surface area contributed by atoms with E-state index >= 15 is 0 Å². The van der Waals surface area contributed by atoms with Gasteiger partial charge in [-0.1, -0.05) is 114 Å². The molecule has 2 unspecified atom stereocenters. The molecule has 0 radical (unpaired) electrons. The molecule has 0 fully saturated rings. The van der Waals surface area contributed by atoms with Crippen molar-refractivity contribution in [1.82, 2.24) is 0 Å². The summed E-state index contributed by atoms with van der Waals surface area (Å²) in [5.74, 6) is -0.901. The van der Waals surface area contributed by atoms with E-state index in [1.807, 2.05) is 24.3 Å². The molecule has 0 aliphatic heterocycles. The van der Waals surface area contributed by atoms with Gasteiger partial charge in [0.15, 0.2) is 6.10 Å². The summed E-state index contributed by atoms with van der Waals surface area (Å²) in [6.07, 6.45) is 31.9. The summed E-state index contributed by atoms with van der Waals surface area (Å²) >= 11 is 0. The van der Waals surface area contributed by atoms with E-state index in [2.05, 4.69) is 32.1 Å². The molecule has 0 aromatic rings. The maximum atomic E-state index is 12.5. The first-order valence-electron chi connectivity index (χ1n) is 18.2. The van der Waals surface area contributed by atoms with Crippen LogP contribution in [0, 0.1) is 0 Å². The molecule has 11 heteroatoms. The van der Waals surface area contributed by atoms with Gasteiger partial charge in [-0.25, -0.2) is 4.57 Å². The second-order valence-electron chi connectivity index (χ2n) is 11.9. The molecule has 0 saturated carbocycles. The van der Waals surface area contributed by atoms with Crippen LogP contribution in [-0.2, 0) is 32.7 Å². The molecular weight excluding hydrogens is 633 g/mol. The summed E-state index contributed by atoms with van der Waals surface area (Å²) < 4.78 is 32.5.